The molecule has 0 aliphatic heterocycles. The number of hydrogen-bond donors (Lipinski definition) is 0. The highest BCUT2D eigenvalue weighted by Crippen LogP contribution is 2.07. The van der Waals surface area contributed by atoms with Crippen molar-refractivity contribution in [1.29, 1.82) is 0 Å². The van der Waals surface area contributed by atoms with Crippen molar-refractivity contribution in [1.82, 2.24) is 0 Å². The molecule has 0 aromatic rings. The SMILES string of the molecule is [CH2]CCCCCCC/C=C/C/C=C/CC/C=C/C. The van der Waals surface area contributed by atoms with E-state index in [0.29, 0.717) is 0 Å². The van der Waals surface area contributed by atoms with Gasteiger partial charge in [0.2, 0.25) is 0 Å². The smallest absolute Gasteiger partial charge is 0.0169 e. The summed E-state index contributed by atoms with van der Waals surface area (Å²) < 4.78 is 0. The summed E-state index contributed by atoms with van der Waals surface area (Å²) in [6.07, 6.45) is 26.1. The normalized spacial score (nSPS) is 12.3. The molecule has 0 saturated carbocycles. The first-order chi connectivity index (χ1) is 8.91. The van der Waals surface area contributed by atoms with Crippen LogP contribution >= 0.6 is 0 Å². The quantitative estimate of drug-likeness (QED) is 0.276. The number of hydrogen-bond acceptors (Lipinski definition) is 0. The lowest BCUT2D eigenvalue weighted by molar-refractivity contribution is 0.621. The van der Waals surface area contributed by atoms with Crippen molar-refractivity contribution in [2.75, 3.05) is 0 Å². The average molecular weight is 247 g/mol. The molecule has 0 nitrogen and oxygen atoms in total. The number of allylic oxidation sites excluding steroid dienone is 6. The Morgan fingerprint density at radius 1 is 0.667 bits per heavy atom. The maximum atomic E-state index is 3.86. The van der Waals surface area contributed by atoms with Crippen LogP contribution in [0.4, 0.5) is 0 Å². The minimum atomic E-state index is 1.09. The summed E-state index contributed by atoms with van der Waals surface area (Å²) in [5.74, 6) is 0. The molecule has 0 heterocycles. The van der Waals surface area contributed by atoms with E-state index in [9.17, 15) is 0 Å². The molecule has 0 aromatic heterocycles. The van der Waals surface area contributed by atoms with Crippen molar-refractivity contribution < 1.29 is 0 Å². The molecule has 0 bridgehead atoms. The maximum Gasteiger partial charge on any atom is -0.0169 e. The summed E-state index contributed by atoms with van der Waals surface area (Å²) in [5.41, 5.74) is 0. The Bertz CT molecular complexity index is 220. The van der Waals surface area contributed by atoms with Gasteiger partial charge in [-0.05, 0) is 39.0 Å². The zero-order valence-corrected chi connectivity index (χ0v) is 12.2. The molecule has 0 spiro atoms. The molecule has 0 aromatic carbocycles. The van der Waals surface area contributed by atoms with Gasteiger partial charge in [0, 0.05) is 0 Å². The van der Waals surface area contributed by atoms with E-state index in [0.717, 1.165) is 12.8 Å². The molecular weight excluding hydrogens is 216 g/mol. The Labute approximate surface area is 115 Å². The second-order valence-corrected chi connectivity index (χ2v) is 4.73. The van der Waals surface area contributed by atoms with E-state index in [2.05, 4.69) is 50.3 Å². The van der Waals surface area contributed by atoms with Crippen LogP contribution in [0.2, 0.25) is 0 Å². The molecule has 0 amide bonds. The minimum Gasteiger partial charge on any atom is -0.0917 e. The van der Waals surface area contributed by atoms with E-state index in [1.807, 2.05) is 0 Å². The molecule has 0 atom stereocenters. The van der Waals surface area contributed by atoms with E-state index in [-0.39, 0.29) is 0 Å². The largest absolute Gasteiger partial charge is 0.0917 e. The van der Waals surface area contributed by atoms with Gasteiger partial charge in [0.15, 0.2) is 0 Å². The molecule has 0 rings (SSSR count). The van der Waals surface area contributed by atoms with Gasteiger partial charge in [-0.25, -0.2) is 0 Å². The lowest BCUT2D eigenvalue weighted by Crippen LogP contribution is -1.77. The average Bonchev–Trinajstić information content (AvgIpc) is 2.39. The molecule has 0 saturated heterocycles. The fourth-order valence-corrected chi connectivity index (χ4v) is 1.84. The van der Waals surface area contributed by atoms with Gasteiger partial charge in [0.1, 0.15) is 0 Å². The molecule has 103 valence electrons. The fraction of sp³-hybridized carbons (Fsp3) is 0.611. The van der Waals surface area contributed by atoms with Gasteiger partial charge in [-0.3, -0.25) is 0 Å². The van der Waals surface area contributed by atoms with Gasteiger partial charge in [0.05, 0.1) is 0 Å². The molecule has 1 radical (unpaired) electrons. The van der Waals surface area contributed by atoms with Crippen LogP contribution in [0.1, 0.15) is 71.1 Å². The summed E-state index contributed by atoms with van der Waals surface area (Å²) in [4.78, 5) is 0. The van der Waals surface area contributed by atoms with Crippen molar-refractivity contribution in [2.24, 2.45) is 0 Å². The lowest BCUT2D eigenvalue weighted by Gasteiger charge is -1.97. The van der Waals surface area contributed by atoms with Crippen LogP contribution in [0, 0.1) is 6.92 Å². The van der Waals surface area contributed by atoms with E-state index in [1.165, 1.54) is 51.4 Å². The summed E-state index contributed by atoms with van der Waals surface area (Å²) in [6.45, 7) is 5.94. The molecular formula is C18H31. The summed E-state index contributed by atoms with van der Waals surface area (Å²) in [7, 11) is 0. The fourth-order valence-electron chi connectivity index (χ4n) is 1.84. The summed E-state index contributed by atoms with van der Waals surface area (Å²) >= 11 is 0. The zero-order valence-electron chi connectivity index (χ0n) is 12.2. The van der Waals surface area contributed by atoms with Crippen LogP contribution in [-0.4, -0.2) is 0 Å². The Morgan fingerprint density at radius 3 is 2.00 bits per heavy atom. The minimum absolute atomic E-state index is 1.09. The molecule has 0 fully saturated rings. The van der Waals surface area contributed by atoms with E-state index >= 15 is 0 Å². The highest BCUT2D eigenvalue weighted by molar-refractivity contribution is 4.93. The second kappa shape index (κ2) is 16.2. The maximum absolute atomic E-state index is 3.86. The molecule has 0 aliphatic carbocycles. The van der Waals surface area contributed by atoms with E-state index < -0.39 is 0 Å². The molecule has 0 unspecified atom stereocenters. The molecule has 0 heteroatoms. The first kappa shape index (κ1) is 17.2. The topological polar surface area (TPSA) is 0 Å². The third kappa shape index (κ3) is 15.2. The first-order valence-electron chi connectivity index (χ1n) is 7.62. The Morgan fingerprint density at radius 2 is 1.28 bits per heavy atom. The number of unbranched alkanes of at least 4 members (excludes halogenated alkanes) is 7. The Kier molecular flexibility index (Phi) is 15.5. The van der Waals surface area contributed by atoms with Crippen molar-refractivity contribution >= 4 is 0 Å². The molecule has 0 N–H and O–H groups in total. The van der Waals surface area contributed by atoms with Gasteiger partial charge in [-0.2, -0.15) is 0 Å². The predicted octanol–water partition coefficient (Wildman–Crippen LogP) is 6.41. The van der Waals surface area contributed by atoms with Crippen molar-refractivity contribution in [2.45, 2.75) is 71.1 Å². The van der Waals surface area contributed by atoms with Crippen molar-refractivity contribution in [3.05, 3.63) is 43.4 Å². The summed E-state index contributed by atoms with van der Waals surface area (Å²) in [6, 6.07) is 0. The van der Waals surface area contributed by atoms with Crippen LogP contribution < -0.4 is 0 Å². The predicted molar refractivity (Wildman–Crippen MR) is 84.6 cm³/mol. The van der Waals surface area contributed by atoms with Crippen LogP contribution in [0.25, 0.3) is 0 Å². The second-order valence-electron chi connectivity index (χ2n) is 4.73. The summed E-state index contributed by atoms with van der Waals surface area (Å²) in [5, 5.41) is 0. The van der Waals surface area contributed by atoms with Crippen molar-refractivity contribution in [3.8, 4) is 0 Å². The van der Waals surface area contributed by atoms with E-state index in [1.54, 1.807) is 0 Å². The van der Waals surface area contributed by atoms with Gasteiger partial charge in [-0.1, -0.05) is 75.5 Å². The third-order valence-electron chi connectivity index (χ3n) is 2.96. The number of rotatable bonds is 12. The molecule has 18 heavy (non-hydrogen) atoms. The first-order valence-corrected chi connectivity index (χ1v) is 7.62. The van der Waals surface area contributed by atoms with Crippen LogP contribution in [0.5, 0.6) is 0 Å². The third-order valence-corrected chi connectivity index (χ3v) is 2.96. The van der Waals surface area contributed by atoms with E-state index in [4.69, 9.17) is 0 Å². The van der Waals surface area contributed by atoms with Crippen molar-refractivity contribution in [3.63, 3.8) is 0 Å². The van der Waals surface area contributed by atoms with Gasteiger partial charge < -0.3 is 0 Å². The monoisotopic (exact) mass is 247 g/mol. The zero-order chi connectivity index (χ0) is 13.3. The van der Waals surface area contributed by atoms with Crippen LogP contribution in [-0.2, 0) is 0 Å². The standard InChI is InChI=1S/C18H31/c1-3-5-7-9-11-13-15-17-18-16-14-12-10-8-6-4-2/h4,6,12,14,17-18H,1,3,5,7-11,13,15-16H2,2H3/b6-4+,14-12+,18-17+. The van der Waals surface area contributed by atoms with Crippen LogP contribution in [0.15, 0.2) is 36.5 Å². The Hall–Kier alpha value is -0.780. The van der Waals surface area contributed by atoms with Gasteiger partial charge in [0.25, 0.3) is 0 Å². The molecule has 0 aliphatic rings. The van der Waals surface area contributed by atoms with Crippen LogP contribution in [0.3, 0.4) is 0 Å². The van der Waals surface area contributed by atoms with Gasteiger partial charge >= 0.3 is 0 Å². The Balaban J connectivity index is 3.17. The highest BCUT2D eigenvalue weighted by Gasteiger charge is 1.87. The lowest BCUT2D eigenvalue weighted by atomic mass is 10.1. The highest BCUT2D eigenvalue weighted by atomic mass is 13.9. The van der Waals surface area contributed by atoms with Gasteiger partial charge in [-0.15, -0.1) is 0 Å².